The highest BCUT2D eigenvalue weighted by Gasteiger charge is 2.30. The van der Waals surface area contributed by atoms with E-state index in [0.717, 1.165) is 24.3 Å². The first-order valence-electron chi connectivity index (χ1n) is 6.37. The van der Waals surface area contributed by atoms with Crippen molar-refractivity contribution in [2.24, 2.45) is 5.92 Å². The van der Waals surface area contributed by atoms with E-state index in [9.17, 15) is 22.8 Å². The average molecular weight is 303 g/mol. The molecule has 2 N–H and O–H groups in total. The zero-order valence-electron chi connectivity index (χ0n) is 11.6. The van der Waals surface area contributed by atoms with E-state index in [0.29, 0.717) is 6.42 Å². The first-order chi connectivity index (χ1) is 9.66. The van der Waals surface area contributed by atoms with E-state index in [1.54, 1.807) is 13.8 Å². The van der Waals surface area contributed by atoms with Gasteiger partial charge in [-0.2, -0.15) is 13.2 Å². The third kappa shape index (κ3) is 4.47. The molecule has 1 aromatic carbocycles. The predicted octanol–water partition coefficient (Wildman–Crippen LogP) is 2.93. The highest BCUT2D eigenvalue weighted by atomic mass is 19.4. The molecular formula is C14H16F3NO3. The molecule has 2 unspecified atom stereocenters. The minimum atomic E-state index is -4.48. The number of benzene rings is 1. The lowest BCUT2D eigenvalue weighted by Gasteiger charge is -2.20. The second kappa shape index (κ2) is 6.60. The highest BCUT2D eigenvalue weighted by Crippen LogP contribution is 2.29. The maximum absolute atomic E-state index is 12.4. The molecule has 116 valence electrons. The van der Waals surface area contributed by atoms with Gasteiger partial charge in [0, 0.05) is 5.56 Å². The van der Waals surface area contributed by atoms with Gasteiger partial charge in [-0.25, -0.2) is 4.79 Å². The molecule has 0 radical (unpaired) electrons. The predicted molar refractivity (Wildman–Crippen MR) is 69.8 cm³/mol. The first-order valence-corrected chi connectivity index (χ1v) is 6.37. The van der Waals surface area contributed by atoms with Crippen molar-refractivity contribution in [3.8, 4) is 0 Å². The molecule has 1 rings (SSSR count). The lowest BCUT2D eigenvalue weighted by molar-refractivity contribution is -0.140. The largest absolute Gasteiger partial charge is 0.480 e. The molecule has 0 spiro atoms. The first kappa shape index (κ1) is 17.0. The normalized spacial score (nSPS) is 14.3. The lowest BCUT2D eigenvalue weighted by atomic mass is 9.99. The maximum atomic E-state index is 12.4. The zero-order valence-corrected chi connectivity index (χ0v) is 11.6. The number of amides is 1. The van der Waals surface area contributed by atoms with Crippen LogP contribution in [-0.4, -0.2) is 23.0 Å². The second-order valence-electron chi connectivity index (χ2n) is 4.75. The second-order valence-corrected chi connectivity index (χ2v) is 4.75. The molecule has 0 aliphatic rings. The van der Waals surface area contributed by atoms with Crippen molar-refractivity contribution in [3.05, 3.63) is 35.4 Å². The van der Waals surface area contributed by atoms with Crippen LogP contribution in [0.4, 0.5) is 13.2 Å². The quantitative estimate of drug-likeness (QED) is 0.879. The highest BCUT2D eigenvalue weighted by molar-refractivity contribution is 5.96. The summed E-state index contributed by atoms with van der Waals surface area (Å²) in [6, 6.07) is 2.54. The minimum absolute atomic E-state index is 0.0162. The number of hydrogen-bond acceptors (Lipinski definition) is 2. The van der Waals surface area contributed by atoms with E-state index in [2.05, 4.69) is 5.32 Å². The summed E-state index contributed by atoms with van der Waals surface area (Å²) in [5.74, 6) is -2.18. The molecule has 0 aliphatic heterocycles. The Morgan fingerprint density at radius 1 is 1.24 bits per heavy atom. The number of aliphatic carboxylic acids is 1. The fourth-order valence-corrected chi connectivity index (χ4v) is 1.72. The van der Waals surface area contributed by atoms with E-state index in [1.807, 2.05) is 0 Å². The molecule has 4 nitrogen and oxygen atoms in total. The average Bonchev–Trinajstić information content (AvgIpc) is 2.42. The van der Waals surface area contributed by atoms with Crippen LogP contribution in [0.15, 0.2) is 24.3 Å². The lowest BCUT2D eigenvalue weighted by Crippen LogP contribution is -2.45. The monoisotopic (exact) mass is 303 g/mol. The van der Waals surface area contributed by atoms with E-state index < -0.39 is 29.7 Å². The Labute approximate surface area is 120 Å². The topological polar surface area (TPSA) is 66.4 Å². The maximum Gasteiger partial charge on any atom is 0.416 e. The molecule has 0 saturated heterocycles. The van der Waals surface area contributed by atoms with Crippen molar-refractivity contribution in [1.29, 1.82) is 0 Å². The summed E-state index contributed by atoms with van der Waals surface area (Å²) in [5.41, 5.74) is -0.881. The van der Waals surface area contributed by atoms with E-state index in [1.165, 1.54) is 0 Å². The third-order valence-corrected chi connectivity index (χ3v) is 3.24. The zero-order chi connectivity index (χ0) is 16.2. The molecule has 1 aromatic rings. The summed E-state index contributed by atoms with van der Waals surface area (Å²) >= 11 is 0. The van der Waals surface area contributed by atoms with Crippen LogP contribution in [0.3, 0.4) is 0 Å². The van der Waals surface area contributed by atoms with Crippen molar-refractivity contribution in [2.75, 3.05) is 0 Å². The van der Waals surface area contributed by atoms with Crippen LogP contribution >= 0.6 is 0 Å². The van der Waals surface area contributed by atoms with Crippen LogP contribution in [0, 0.1) is 5.92 Å². The van der Waals surface area contributed by atoms with Crippen LogP contribution in [0.25, 0.3) is 0 Å². The van der Waals surface area contributed by atoms with Gasteiger partial charge in [0.05, 0.1) is 5.56 Å². The molecule has 0 aliphatic carbocycles. The summed E-state index contributed by atoms with van der Waals surface area (Å²) in [7, 11) is 0. The molecule has 21 heavy (non-hydrogen) atoms. The van der Waals surface area contributed by atoms with Crippen LogP contribution in [-0.2, 0) is 11.0 Å². The van der Waals surface area contributed by atoms with E-state index in [-0.39, 0.29) is 11.5 Å². The Morgan fingerprint density at radius 2 is 1.76 bits per heavy atom. The number of hydrogen-bond donors (Lipinski definition) is 2. The molecule has 0 saturated carbocycles. The Kier molecular flexibility index (Phi) is 5.34. The molecule has 0 fully saturated rings. The van der Waals surface area contributed by atoms with Gasteiger partial charge in [-0.05, 0) is 30.2 Å². The van der Waals surface area contributed by atoms with Crippen molar-refractivity contribution in [1.82, 2.24) is 5.32 Å². The minimum Gasteiger partial charge on any atom is -0.480 e. The van der Waals surface area contributed by atoms with Crippen molar-refractivity contribution in [2.45, 2.75) is 32.5 Å². The number of carboxylic acid groups (broad SMARTS) is 1. The molecule has 1 amide bonds. The van der Waals surface area contributed by atoms with Crippen molar-refractivity contribution in [3.63, 3.8) is 0 Å². The third-order valence-electron chi connectivity index (χ3n) is 3.24. The molecule has 0 aromatic heterocycles. The van der Waals surface area contributed by atoms with Crippen LogP contribution in [0.5, 0.6) is 0 Å². The standard InChI is InChI=1S/C14H16F3NO3/c1-3-8(2)11(13(20)21)18-12(19)9-4-6-10(7-5-9)14(15,16)17/h4-8,11H,3H2,1-2H3,(H,18,19)(H,20,21). The number of halogens is 3. The number of alkyl halides is 3. The Morgan fingerprint density at radius 3 is 2.14 bits per heavy atom. The van der Waals surface area contributed by atoms with Crippen LogP contribution in [0.2, 0.25) is 0 Å². The summed E-state index contributed by atoms with van der Waals surface area (Å²) in [6.45, 7) is 3.46. The van der Waals surface area contributed by atoms with Crippen molar-refractivity contribution < 1.29 is 27.9 Å². The fourth-order valence-electron chi connectivity index (χ4n) is 1.72. The van der Waals surface area contributed by atoms with Gasteiger partial charge in [0.15, 0.2) is 0 Å². The fraction of sp³-hybridized carbons (Fsp3) is 0.429. The van der Waals surface area contributed by atoms with E-state index >= 15 is 0 Å². The summed E-state index contributed by atoms with van der Waals surface area (Å²) in [4.78, 5) is 23.0. The Hall–Kier alpha value is -2.05. The van der Waals surface area contributed by atoms with Gasteiger partial charge < -0.3 is 10.4 Å². The van der Waals surface area contributed by atoms with Crippen molar-refractivity contribution >= 4 is 11.9 Å². The number of carbonyl (C=O) groups excluding carboxylic acids is 1. The number of nitrogens with one attached hydrogen (secondary N) is 1. The van der Waals surface area contributed by atoms with Gasteiger partial charge >= 0.3 is 12.1 Å². The molecule has 2 atom stereocenters. The number of rotatable bonds is 5. The van der Waals surface area contributed by atoms with Gasteiger partial charge in [0.1, 0.15) is 6.04 Å². The summed E-state index contributed by atoms with van der Waals surface area (Å²) in [5, 5.41) is 11.4. The van der Waals surface area contributed by atoms with Crippen LogP contribution < -0.4 is 5.32 Å². The van der Waals surface area contributed by atoms with Gasteiger partial charge in [-0.3, -0.25) is 4.79 Å². The van der Waals surface area contributed by atoms with Gasteiger partial charge in [-0.1, -0.05) is 20.3 Å². The smallest absolute Gasteiger partial charge is 0.416 e. The Bertz CT molecular complexity index is 511. The summed E-state index contributed by atoms with van der Waals surface area (Å²) in [6.07, 6.45) is -3.93. The molecule has 0 heterocycles. The number of carbonyl (C=O) groups is 2. The molecule has 0 bridgehead atoms. The SMILES string of the molecule is CCC(C)C(NC(=O)c1ccc(C(F)(F)F)cc1)C(=O)O. The van der Waals surface area contributed by atoms with Gasteiger partial charge in [0.25, 0.3) is 5.91 Å². The Balaban J connectivity index is 2.86. The molecular weight excluding hydrogens is 287 g/mol. The summed E-state index contributed by atoms with van der Waals surface area (Å²) < 4.78 is 37.2. The van der Waals surface area contributed by atoms with Crippen LogP contribution in [0.1, 0.15) is 36.2 Å². The van der Waals surface area contributed by atoms with Gasteiger partial charge in [-0.15, -0.1) is 0 Å². The van der Waals surface area contributed by atoms with E-state index in [4.69, 9.17) is 5.11 Å². The molecule has 7 heteroatoms. The van der Waals surface area contributed by atoms with Gasteiger partial charge in [0.2, 0.25) is 0 Å². The number of carboxylic acids is 1.